The van der Waals surface area contributed by atoms with Crippen molar-refractivity contribution in [1.29, 1.82) is 0 Å². The van der Waals surface area contributed by atoms with Crippen molar-refractivity contribution in [2.75, 3.05) is 0 Å². The van der Waals surface area contributed by atoms with E-state index in [2.05, 4.69) is 201 Å². The molecule has 0 atom stereocenters. The van der Waals surface area contributed by atoms with Crippen LogP contribution in [0.25, 0.3) is 89.5 Å². The van der Waals surface area contributed by atoms with Crippen LogP contribution in [0.2, 0.25) is 0 Å². The zero-order chi connectivity index (χ0) is 83.4. The van der Waals surface area contributed by atoms with Crippen molar-refractivity contribution in [3.05, 3.63) is 308 Å². The molecule has 0 saturated heterocycles. The zero-order valence-corrected chi connectivity index (χ0v) is 66.8. The second-order valence-corrected chi connectivity index (χ2v) is 31.5. The van der Waals surface area contributed by atoms with E-state index in [1.54, 1.807) is 17.7 Å². The van der Waals surface area contributed by atoms with Crippen LogP contribution in [0, 0.1) is 94.3 Å². The fraction of sp³-hybridized carbons (Fsp3) is 0.327. The molecule has 8 aromatic carbocycles. The fourth-order valence-electron chi connectivity index (χ4n) is 15.3. The summed E-state index contributed by atoms with van der Waals surface area (Å²) >= 11 is 0. The van der Waals surface area contributed by atoms with E-state index in [0.29, 0.717) is 27.7 Å². The van der Waals surface area contributed by atoms with Crippen LogP contribution in [-0.4, -0.2) is 0 Å². The molecule has 0 unspecified atom stereocenters. The lowest BCUT2D eigenvalue weighted by atomic mass is 9.86. The van der Waals surface area contributed by atoms with E-state index in [0.717, 1.165) is 79.4 Å². The molecular weight excluding hydrogens is 1270 g/mol. The molecule has 1 saturated carbocycles. The summed E-state index contributed by atoms with van der Waals surface area (Å²) in [4.78, 5) is 0. The largest absolute Gasteiger partial charge is 0.212 e. The van der Waals surface area contributed by atoms with Gasteiger partial charge in [-0.25, -0.2) is 18.3 Å². The van der Waals surface area contributed by atoms with Crippen LogP contribution >= 0.6 is 0 Å². The first-order valence-electron chi connectivity index (χ1n) is 42.2. The van der Waals surface area contributed by atoms with Gasteiger partial charge in [-0.3, -0.25) is 0 Å². The molecule has 1 fully saturated rings. The summed E-state index contributed by atoms with van der Waals surface area (Å²) in [5.74, 6) is -0.0817. The Morgan fingerprint density at radius 2 is 0.667 bits per heavy atom. The summed E-state index contributed by atoms with van der Waals surface area (Å²) in [6.45, 7) is 31.3. The van der Waals surface area contributed by atoms with Gasteiger partial charge in [-0.2, -0.15) is 0 Å². The van der Waals surface area contributed by atoms with Gasteiger partial charge >= 0.3 is 0 Å². The lowest BCUT2D eigenvalue weighted by Crippen LogP contribution is -2.32. The van der Waals surface area contributed by atoms with E-state index in [1.165, 1.54) is 109 Å². The number of hydrogen-bond donors (Lipinski definition) is 0. The van der Waals surface area contributed by atoms with Gasteiger partial charge in [-0.05, 0) is 267 Å². The molecule has 0 bridgehead atoms. The van der Waals surface area contributed by atoms with Crippen LogP contribution < -0.4 is 18.3 Å². The van der Waals surface area contributed by atoms with Gasteiger partial charge in [0.05, 0.1) is 0 Å². The van der Waals surface area contributed by atoms with Crippen LogP contribution in [0.15, 0.2) is 219 Å². The normalized spacial score (nSPS) is 13.9. The number of nitrogens with zero attached hydrogens (tertiary/aromatic N) is 4. The molecule has 0 N–H and O–H groups in total. The van der Waals surface area contributed by atoms with Crippen molar-refractivity contribution in [2.45, 2.75) is 182 Å². The lowest BCUT2D eigenvalue weighted by Gasteiger charge is -2.19. The van der Waals surface area contributed by atoms with Crippen molar-refractivity contribution in [1.82, 2.24) is 0 Å². The monoisotopic (exact) mass is 1400 g/mol. The summed E-state index contributed by atoms with van der Waals surface area (Å²) in [6, 6.07) is 66.4. The van der Waals surface area contributed by atoms with E-state index in [9.17, 15) is 0 Å². The number of aryl methyl sites for hydroxylation is 16. The van der Waals surface area contributed by atoms with Gasteiger partial charge in [0.2, 0.25) is 22.8 Å². The third-order valence-corrected chi connectivity index (χ3v) is 20.9. The number of aromatic nitrogens is 4. The van der Waals surface area contributed by atoms with Crippen LogP contribution in [0.4, 0.5) is 0 Å². The number of benzene rings is 8. The first-order chi connectivity index (χ1) is 53.4. The summed E-state index contributed by atoms with van der Waals surface area (Å²) in [5.41, 5.74) is 35.0. The maximum absolute atomic E-state index is 8.51. The van der Waals surface area contributed by atoms with Crippen molar-refractivity contribution < 1.29 is 30.6 Å². The minimum absolute atomic E-state index is 0.151. The van der Waals surface area contributed by atoms with Gasteiger partial charge in [0.25, 0.3) is 0 Å². The zero-order valence-electron chi connectivity index (χ0n) is 75.8. The first-order valence-corrected chi connectivity index (χ1v) is 37.7. The predicted molar refractivity (Wildman–Crippen MR) is 448 cm³/mol. The van der Waals surface area contributed by atoms with E-state index in [4.69, 9.17) is 12.3 Å². The van der Waals surface area contributed by atoms with Crippen molar-refractivity contribution in [3.63, 3.8) is 0 Å². The summed E-state index contributed by atoms with van der Waals surface area (Å²) < 4.78 is 82.2. The standard InChI is InChI=1S/C26H30N.C26H32N.C25H30N.C24H28N/c1-18-14-19(2)24(16-23(18)21-10-6-5-7-11-21)26-15-20(3)25(17-27(26)4)22-12-8-9-13-22;1-18-14-25(27(7)17-22(18)16-26(4,5)6)24-15-23(19(2)13-20(24)3)21-11-9-8-10-12-21;1-17(2)12-22-16-26(6)25(14-18(22)3)24-15-23(19(4)13-20(24)5)21-10-8-7-9-11-21;1-16(2)23-15-25(6)24(13-19(23)5)22-14-21(17(3)12-18(22)4)20-10-8-7-9-11-20/h5-7,10-11,14-17,22H,8-9,12-13H2,1-4H3;8-15,17H,16H2,1-7H3;7-11,13-17H,12H2,1-6H3;7-16H,1-6H3/q4*+1/i;;4D3,12D2;3D3,16D. The minimum Gasteiger partial charge on any atom is -0.201 e. The molecule has 1 aliphatic rings. The van der Waals surface area contributed by atoms with Crippen LogP contribution in [0.5, 0.6) is 0 Å². The predicted octanol–water partition coefficient (Wildman–Crippen LogP) is 24.6. The summed E-state index contributed by atoms with van der Waals surface area (Å²) in [7, 11) is 8.26. The second kappa shape index (κ2) is 34.1. The first kappa shape index (κ1) is 66.1. The molecule has 13 rings (SSSR count). The van der Waals surface area contributed by atoms with Gasteiger partial charge in [0, 0.05) is 81.1 Å². The van der Waals surface area contributed by atoms with E-state index < -0.39 is 26.0 Å². The highest BCUT2D eigenvalue weighted by Gasteiger charge is 2.27. The molecule has 12 aromatic rings. The molecule has 4 heterocycles. The Kier molecular flexibility index (Phi) is 21.4. The highest BCUT2D eigenvalue weighted by atomic mass is 14.9. The Bertz CT molecular complexity index is 5430. The average molecular weight is 1400 g/mol. The van der Waals surface area contributed by atoms with Crippen LogP contribution in [-0.2, 0) is 41.0 Å². The Morgan fingerprint density at radius 3 is 1.02 bits per heavy atom. The Morgan fingerprint density at radius 1 is 0.362 bits per heavy atom. The molecule has 105 heavy (non-hydrogen) atoms. The minimum atomic E-state index is -2.22. The highest BCUT2D eigenvalue weighted by Crippen LogP contribution is 2.40. The van der Waals surface area contributed by atoms with E-state index in [1.807, 2.05) is 170 Å². The second-order valence-electron chi connectivity index (χ2n) is 31.5. The molecular formula is C101H120N4+4. The molecule has 0 spiro atoms. The lowest BCUT2D eigenvalue weighted by molar-refractivity contribution is -0.661. The van der Waals surface area contributed by atoms with Gasteiger partial charge in [0.15, 0.2) is 24.8 Å². The molecule has 0 radical (unpaired) electrons. The maximum atomic E-state index is 8.51. The molecule has 0 aliphatic heterocycles. The Balaban J connectivity index is 0.000000161. The Hall–Kier alpha value is -9.64. The molecule has 0 amide bonds. The molecule has 4 aromatic heterocycles. The van der Waals surface area contributed by atoms with Crippen LogP contribution in [0.3, 0.4) is 0 Å². The van der Waals surface area contributed by atoms with E-state index >= 15 is 0 Å². The third-order valence-electron chi connectivity index (χ3n) is 20.9. The topological polar surface area (TPSA) is 15.5 Å². The average Bonchev–Trinajstić information content (AvgIpc) is 0.926. The third kappa shape index (κ3) is 18.9. The Labute approximate surface area is 645 Å². The molecule has 4 nitrogen and oxygen atoms in total. The van der Waals surface area contributed by atoms with Gasteiger partial charge in [-0.15, -0.1) is 0 Å². The maximum Gasteiger partial charge on any atom is 0.212 e. The SMILES string of the molecule is Cc1cc(-c2cc(-c3ccccc3)c(C)cc2C)[n+](C)cc1CC(C)(C)C.Cc1cc(C)c(-c2cc(C)c(C3CCCC3)c[n+]2C)cc1-c1ccccc1.[2H]C([2H])([2H])c1cc(C)c(-c2cc(C)c(C([2H])(C)C)c[n+]2C)cc1-c1ccccc1.[2H]C([2H])([2H])c1cc(C)c(-c2cc(C)c(C([2H])([2H])C(C)C)c[n+]2C)cc1-c1ccccc1. The van der Waals surface area contributed by atoms with E-state index in [-0.39, 0.29) is 5.92 Å². The molecule has 1 aliphatic carbocycles. The number of hydrogen-bond acceptors (Lipinski definition) is 0. The van der Waals surface area contributed by atoms with Crippen molar-refractivity contribution >= 4 is 0 Å². The van der Waals surface area contributed by atoms with Crippen molar-refractivity contribution in [2.24, 2.45) is 39.5 Å². The smallest absolute Gasteiger partial charge is 0.201 e. The number of pyridine rings is 4. The summed E-state index contributed by atoms with van der Waals surface area (Å²) in [6.07, 6.45) is 13.7. The van der Waals surface area contributed by atoms with Gasteiger partial charge in [0.1, 0.15) is 28.2 Å². The quantitative estimate of drug-likeness (QED) is 0.102. The fourth-order valence-corrected chi connectivity index (χ4v) is 15.3. The number of rotatable bonds is 13. The highest BCUT2D eigenvalue weighted by molar-refractivity contribution is 5.80. The van der Waals surface area contributed by atoms with Gasteiger partial charge in [-0.1, -0.05) is 207 Å². The molecule has 540 valence electrons. The summed E-state index contributed by atoms with van der Waals surface area (Å²) in [5, 5.41) is 0. The molecule has 4 heteroatoms. The van der Waals surface area contributed by atoms with Gasteiger partial charge < -0.3 is 0 Å². The van der Waals surface area contributed by atoms with Crippen molar-refractivity contribution in [3.8, 4) is 89.5 Å². The van der Waals surface area contributed by atoms with Crippen LogP contribution in [0.1, 0.15) is 187 Å².